The van der Waals surface area contributed by atoms with E-state index in [9.17, 15) is 47.8 Å². The van der Waals surface area contributed by atoms with Gasteiger partial charge in [-0.05, 0) is 101 Å². The number of aromatic nitrogens is 2. The molecular weight excluding hydrogens is 818 g/mol. The van der Waals surface area contributed by atoms with E-state index in [1.807, 2.05) is 0 Å². The highest BCUT2D eigenvalue weighted by Gasteiger charge is 2.59. The van der Waals surface area contributed by atoms with E-state index in [0.717, 1.165) is 35.0 Å². The summed E-state index contributed by atoms with van der Waals surface area (Å²) >= 11 is 3.06. The quantitative estimate of drug-likeness (QED) is 0.166. The Morgan fingerprint density at radius 2 is 1.39 bits per heavy atom. The number of H-pyrrole nitrogens is 1. The van der Waals surface area contributed by atoms with Gasteiger partial charge in [0, 0.05) is 12.6 Å². The van der Waals surface area contributed by atoms with Crippen molar-refractivity contribution in [3.05, 3.63) is 109 Å². The molecule has 0 bridgehead atoms. The van der Waals surface area contributed by atoms with Crippen LogP contribution in [0.4, 0.5) is 18.4 Å². The number of nitrogens with one attached hydrogen (secondary N) is 3. The van der Waals surface area contributed by atoms with Crippen molar-refractivity contribution in [1.82, 2.24) is 20.2 Å². The lowest BCUT2D eigenvalue weighted by Gasteiger charge is -2.34. The molecule has 308 valence electrons. The Morgan fingerprint density at radius 3 is 1.86 bits per heavy atom. The number of hydrogen-bond acceptors (Lipinski definition) is 11. The standard InChI is InChI=1S/C39H45BrF2N4O11/c1-37(2,3)56-35(52)43-26(17-21-7-11-24(41)12-8-21)29(47)30(48)32-39(54,19-28(55-32)46-20-23(15-16-40)33(50)45-34(46)51)31(49)27(44-36(53)57-38(4,5)6)18-22-9-13-25(42)14-10-22/h7-16,20,26-28,30,32,48,54H,17-19H2,1-6H3,(H,43,52)(H,44,53)(H,45,50,51)/t26?,27?,28-,30?,32-,39-/m1/s1. The molecule has 3 aromatic rings. The molecule has 1 aliphatic heterocycles. The van der Waals surface area contributed by atoms with Gasteiger partial charge in [-0.3, -0.25) is 23.9 Å². The van der Waals surface area contributed by atoms with Gasteiger partial charge in [0.15, 0.2) is 17.2 Å². The summed E-state index contributed by atoms with van der Waals surface area (Å²) in [5.74, 6) is -3.57. The second kappa shape index (κ2) is 18.0. The molecule has 1 aliphatic rings. The van der Waals surface area contributed by atoms with Crippen molar-refractivity contribution in [1.29, 1.82) is 0 Å². The summed E-state index contributed by atoms with van der Waals surface area (Å²) in [6.07, 6.45) is -7.53. The number of carbonyl (C=O) groups excluding carboxylic acids is 4. The molecule has 6 atom stereocenters. The first-order chi connectivity index (χ1) is 26.5. The first kappa shape index (κ1) is 44.7. The molecule has 2 amide bonds. The Morgan fingerprint density at radius 1 is 0.912 bits per heavy atom. The van der Waals surface area contributed by atoms with Crippen LogP contribution in [0.5, 0.6) is 0 Å². The fraction of sp³-hybridized carbons (Fsp3) is 0.436. The molecule has 2 heterocycles. The topological polar surface area (TPSA) is 215 Å². The summed E-state index contributed by atoms with van der Waals surface area (Å²) in [6, 6.07) is 6.50. The minimum absolute atomic E-state index is 0.0632. The van der Waals surface area contributed by atoms with E-state index in [0.29, 0.717) is 11.1 Å². The van der Waals surface area contributed by atoms with Crippen molar-refractivity contribution < 1.29 is 52.4 Å². The smallest absolute Gasteiger partial charge is 0.408 e. The number of aromatic amines is 1. The molecule has 1 fully saturated rings. The number of ketones is 2. The van der Waals surface area contributed by atoms with Crippen molar-refractivity contribution >= 4 is 45.8 Å². The lowest BCUT2D eigenvalue weighted by Crippen LogP contribution is -2.62. The number of nitrogens with zero attached hydrogens (tertiary/aromatic N) is 1. The molecule has 18 heteroatoms. The number of benzene rings is 2. The molecule has 0 saturated carbocycles. The van der Waals surface area contributed by atoms with Crippen LogP contribution in [0.1, 0.15) is 70.9 Å². The predicted molar refractivity (Wildman–Crippen MR) is 205 cm³/mol. The van der Waals surface area contributed by atoms with Crippen molar-refractivity contribution in [2.45, 2.75) is 108 Å². The van der Waals surface area contributed by atoms with Gasteiger partial charge in [-0.15, -0.1) is 0 Å². The summed E-state index contributed by atoms with van der Waals surface area (Å²) in [5.41, 5.74) is -6.19. The zero-order valence-electron chi connectivity index (χ0n) is 32.0. The number of ether oxygens (including phenoxy) is 3. The Kier molecular flexibility index (Phi) is 14.1. The first-order valence-corrected chi connectivity index (χ1v) is 18.7. The maximum atomic E-state index is 14.7. The van der Waals surface area contributed by atoms with Crippen LogP contribution in [-0.2, 0) is 36.6 Å². The highest BCUT2D eigenvalue weighted by atomic mass is 79.9. The number of rotatable bonds is 13. The van der Waals surface area contributed by atoms with E-state index in [2.05, 4.69) is 31.5 Å². The SMILES string of the molecule is CC(C)(C)OC(=O)NC(Cc1ccc(F)cc1)C(=O)C(O)[C@H]1O[C@@H](n2cc(C=CBr)c(=O)[nH]c2=O)C[C@@]1(O)C(=O)C(Cc1ccc(F)cc1)NC(=O)OC(C)(C)C. The second-order valence-corrected chi connectivity index (χ2v) is 16.0. The molecule has 5 N–H and O–H groups in total. The molecule has 1 aromatic heterocycles. The van der Waals surface area contributed by atoms with Gasteiger partial charge in [-0.2, -0.15) is 0 Å². The Bertz CT molecular complexity index is 2090. The number of aliphatic hydroxyl groups is 2. The van der Waals surface area contributed by atoms with Crippen LogP contribution < -0.4 is 21.9 Å². The third kappa shape index (κ3) is 12.0. The fourth-order valence-corrected chi connectivity index (χ4v) is 6.34. The minimum Gasteiger partial charge on any atom is -0.444 e. The number of carbonyl (C=O) groups is 4. The van der Waals surface area contributed by atoms with Gasteiger partial charge in [-0.25, -0.2) is 23.2 Å². The van der Waals surface area contributed by atoms with Gasteiger partial charge in [-0.1, -0.05) is 40.2 Å². The lowest BCUT2D eigenvalue weighted by molar-refractivity contribution is -0.163. The van der Waals surface area contributed by atoms with E-state index in [4.69, 9.17) is 14.2 Å². The number of hydrogen-bond donors (Lipinski definition) is 5. The van der Waals surface area contributed by atoms with Crippen LogP contribution in [0, 0.1) is 11.6 Å². The van der Waals surface area contributed by atoms with Gasteiger partial charge >= 0.3 is 17.9 Å². The zero-order chi connectivity index (χ0) is 42.5. The highest BCUT2D eigenvalue weighted by Crippen LogP contribution is 2.40. The zero-order valence-corrected chi connectivity index (χ0v) is 33.6. The second-order valence-electron chi connectivity index (χ2n) is 15.5. The normalized spacial score (nSPS) is 20.1. The first-order valence-electron chi connectivity index (χ1n) is 17.7. The highest BCUT2D eigenvalue weighted by molar-refractivity contribution is 9.11. The van der Waals surface area contributed by atoms with E-state index < -0.39 is 100 Å². The maximum absolute atomic E-state index is 14.7. The van der Waals surface area contributed by atoms with Gasteiger partial charge < -0.3 is 35.1 Å². The average Bonchev–Trinajstić information content (AvgIpc) is 3.46. The van der Waals surface area contributed by atoms with Crippen LogP contribution in [0.25, 0.3) is 6.08 Å². The summed E-state index contributed by atoms with van der Waals surface area (Å²) in [7, 11) is 0. The minimum atomic E-state index is -2.90. The fourth-order valence-electron chi connectivity index (χ4n) is 6.06. The summed E-state index contributed by atoms with van der Waals surface area (Å²) in [6.45, 7) is 9.42. The largest absolute Gasteiger partial charge is 0.444 e. The summed E-state index contributed by atoms with van der Waals surface area (Å²) in [4.78, 5) is 84.1. The molecule has 3 unspecified atom stereocenters. The van der Waals surface area contributed by atoms with Crippen molar-refractivity contribution in [2.75, 3.05) is 0 Å². The number of alkyl carbamates (subject to hydrolysis) is 2. The molecule has 0 radical (unpaired) electrons. The van der Waals surface area contributed by atoms with Crippen LogP contribution in [0.3, 0.4) is 0 Å². The van der Waals surface area contributed by atoms with Crippen molar-refractivity contribution in [3.8, 4) is 0 Å². The van der Waals surface area contributed by atoms with E-state index in [-0.39, 0.29) is 18.4 Å². The molecule has 1 saturated heterocycles. The van der Waals surface area contributed by atoms with Gasteiger partial charge in [0.2, 0.25) is 0 Å². The average molecular weight is 864 g/mol. The molecule has 2 aromatic carbocycles. The van der Waals surface area contributed by atoms with E-state index >= 15 is 0 Å². The Labute approximate surface area is 334 Å². The number of aliphatic hydroxyl groups excluding tert-OH is 1. The van der Waals surface area contributed by atoms with Crippen LogP contribution in [0.2, 0.25) is 0 Å². The molecule has 0 aliphatic carbocycles. The summed E-state index contributed by atoms with van der Waals surface area (Å²) in [5, 5.41) is 29.1. The van der Waals surface area contributed by atoms with Gasteiger partial charge in [0.05, 0.1) is 17.6 Å². The Balaban J connectivity index is 1.83. The van der Waals surface area contributed by atoms with Crippen molar-refractivity contribution in [3.63, 3.8) is 0 Å². The third-order valence-corrected chi connectivity index (χ3v) is 8.83. The van der Waals surface area contributed by atoms with E-state index in [1.165, 1.54) is 35.3 Å². The number of Topliss-reactive ketones (excluding diaryl/α,β-unsaturated/α-hetero) is 2. The van der Waals surface area contributed by atoms with Crippen molar-refractivity contribution in [2.24, 2.45) is 0 Å². The van der Waals surface area contributed by atoms with Gasteiger partial charge in [0.25, 0.3) is 5.56 Å². The monoisotopic (exact) mass is 862 g/mol. The van der Waals surface area contributed by atoms with Crippen LogP contribution in [0.15, 0.2) is 69.3 Å². The summed E-state index contributed by atoms with van der Waals surface area (Å²) < 4.78 is 45.1. The maximum Gasteiger partial charge on any atom is 0.408 e. The molecule has 15 nitrogen and oxygen atoms in total. The van der Waals surface area contributed by atoms with Crippen LogP contribution in [-0.4, -0.2) is 84.6 Å². The lowest BCUT2D eigenvalue weighted by atomic mass is 9.80. The number of halogens is 3. The Hall–Kier alpha value is -5.04. The number of amides is 2. The molecule has 57 heavy (non-hydrogen) atoms. The molecular formula is C39H45BrF2N4O11. The predicted octanol–water partition coefficient (Wildman–Crippen LogP) is 3.97. The van der Waals surface area contributed by atoms with E-state index in [1.54, 1.807) is 41.5 Å². The molecule has 0 spiro atoms. The van der Waals surface area contributed by atoms with Gasteiger partial charge in [0.1, 0.15) is 41.3 Å². The molecule has 4 rings (SSSR count). The third-order valence-electron chi connectivity index (χ3n) is 8.56. The van der Waals surface area contributed by atoms with Crippen LogP contribution >= 0.6 is 15.9 Å².